The van der Waals surface area contributed by atoms with E-state index in [0.717, 1.165) is 5.56 Å². The van der Waals surface area contributed by atoms with Crippen LogP contribution < -0.4 is 14.8 Å². The van der Waals surface area contributed by atoms with Crippen LogP contribution in [0.2, 0.25) is 0 Å². The van der Waals surface area contributed by atoms with E-state index in [-0.39, 0.29) is 25.1 Å². The van der Waals surface area contributed by atoms with Crippen molar-refractivity contribution in [2.75, 3.05) is 19.9 Å². The van der Waals surface area contributed by atoms with Crippen molar-refractivity contribution >= 4 is 5.91 Å². The fraction of sp³-hybridized carbons (Fsp3) is 0.250. The van der Waals surface area contributed by atoms with Gasteiger partial charge in [0.2, 0.25) is 12.7 Å². The van der Waals surface area contributed by atoms with Crippen LogP contribution in [0.3, 0.4) is 0 Å². The largest absolute Gasteiger partial charge is 0.454 e. The average molecular weight is 356 g/mol. The van der Waals surface area contributed by atoms with E-state index in [9.17, 15) is 9.18 Å². The molecule has 1 amide bonds. The molecule has 6 heteroatoms. The minimum absolute atomic E-state index is 0.138. The number of ether oxygens (including phenoxy) is 2. The molecule has 3 rings (SSSR count). The monoisotopic (exact) mass is 356 g/mol. The Labute approximate surface area is 152 Å². The zero-order valence-corrected chi connectivity index (χ0v) is 14.4. The lowest BCUT2D eigenvalue weighted by atomic mass is 10.2. The van der Waals surface area contributed by atoms with E-state index in [2.05, 4.69) is 11.9 Å². The molecule has 0 aromatic heterocycles. The highest BCUT2D eigenvalue weighted by molar-refractivity contribution is 5.78. The van der Waals surface area contributed by atoms with Crippen LogP contribution in [0.4, 0.5) is 4.39 Å². The van der Waals surface area contributed by atoms with Crippen molar-refractivity contribution in [3.8, 4) is 11.5 Å². The van der Waals surface area contributed by atoms with Gasteiger partial charge in [-0.3, -0.25) is 9.69 Å². The Hall–Kier alpha value is -2.86. The Morgan fingerprint density at radius 3 is 2.85 bits per heavy atom. The molecule has 0 saturated heterocycles. The van der Waals surface area contributed by atoms with Crippen LogP contribution in [-0.2, 0) is 17.9 Å². The van der Waals surface area contributed by atoms with Gasteiger partial charge in [0, 0.05) is 25.2 Å². The molecule has 136 valence electrons. The minimum Gasteiger partial charge on any atom is -0.454 e. The maximum Gasteiger partial charge on any atom is 0.234 e. The topological polar surface area (TPSA) is 50.8 Å². The SMILES string of the molecule is C=CCN(CC(=O)NCc1ccc2c(c1)OCO2)Cc1ccccc1F. The summed E-state index contributed by atoms with van der Waals surface area (Å²) in [6, 6.07) is 12.1. The van der Waals surface area contributed by atoms with Crippen LogP contribution in [0, 0.1) is 5.82 Å². The van der Waals surface area contributed by atoms with Gasteiger partial charge in [0.15, 0.2) is 11.5 Å². The normalized spacial score (nSPS) is 12.2. The summed E-state index contributed by atoms with van der Waals surface area (Å²) in [7, 11) is 0. The van der Waals surface area contributed by atoms with E-state index in [1.54, 1.807) is 24.3 Å². The lowest BCUT2D eigenvalue weighted by Gasteiger charge is -2.20. The van der Waals surface area contributed by atoms with E-state index in [4.69, 9.17) is 9.47 Å². The first-order chi connectivity index (χ1) is 12.7. The van der Waals surface area contributed by atoms with Crippen molar-refractivity contribution in [1.29, 1.82) is 0 Å². The minimum atomic E-state index is -0.276. The van der Waals surface area contributed by atoms with Crippen molar-refractivity contribution in [3.05, 3.63) is 72.1 Å². The molecule has 2 aromatic rings. The lowest BCUT2D eigenvalue weighted by molar-refractivity contribution is -0.122. The van der Waals surface area contributed by atoms with Gasteiger partial charge >= 0.3 is 0 Å². The number of carbonyl (C=O) groups is 1. The second-order valence-corrected chi connectivity index (χ2v) is 6.01. The number of rotatable bonds is 8. The highest BCUT2D eigenvalue weighted by atomic mass is 19.1. The smallest absolute Gasteiger partial charge is 0.234 e. The summed E-state index contributed by atoms with van der Waals surface area (Å²) >= 11 is 0. The number of carbonyl (C=O) groups excluding carboxylic acids is 1. The molecule has 0 unspecified atom stereocenters. The first kappa shape index (κ1) is 17.9. The van der Waals surface area contributed by atoms with Crippen molar-refractivity contribution in [2.45, 2.75) is 13.1 Å². The molecule has 0 aliphatic carbocycles. The molecule has 0 fully saturated rings. The first-order valence-electron chi connectivity index (χ1n) is 8.37. The molecule has 1 aliphatic rings. The molecule has 1 heterocycles. The van der Waals surface area contributed by atoms with Gasteiger partial charge in [-0.25, -0.2) is 4.39 Å². The summed E-state index contributed by atoms with van der Waals surface area (Å²) in [6.07, 6.45) is 1.70. The van der Waals surface area contributed by atoms with Crippen molar-refractivity contribution in [3.63, 3.8) is 0 Å². The van der Waals surface area contributed by atoms with Crippen LogP contribution in [0.1, 0.15) is 11.1 Å². The molecular weight excluding hydrogens is 335 g/mol. The summed E-state index contributed by atoms with van der Waals surface area (Å²) in [4.78, 5) is 14.1. The Bertz CT molecular complexity index is 794. The Morgan fingerprint density at radius 2 is 2.04 bits per heavy atom. The van der Waals surface area contributed by atoms with Crippen LogP contribution in [0.5, 0.6) is 11.5 Å². The molecule has 1 aliphatic heterocycles. The quantitative estimate of drug-likeness (QED) is 0.739. The fourth-order valence-corrected chi connectivity index (χ4v) is 2.75. The lowest BCUT2D eigenvalue weighted by Crippen LogP contribution is -2.36. The van der Waals surface area contributed by atoms with Crippen LogP contribution in [0.25, 0.3) is 0 Å². The number of amides is 1. The second-order valence-electron chi connectivity index (χ2n) is 6.01. The van der Waals surface area contributed by atoms with Gasteiger partial charge in [-0.05, 0) is 23.8 Å². The van der Waals surface area contributed by atoms with E-state index >= 15 is 0 Å². The summed E-state index contributed by atoms with van der Waals surface area (Å²) < 4.78 is 24.4. The van der Waals surface area contributed by atoms with E-state index in [1.807, 2.05) is 23.1 Å². The molecule has 0 spiro atoms. The Balaban J connectivity index is 1.54. The fourth-order valence-electron chi connectivity index (χ4n) is 2.75. The van der Waals surface area contributed by atoms with Gasteiger partial charge in [-0.1, -0.05) is 30.3 Å². The molecular formula is C20H21FN2O3. The molecule has 0 atom stereocenters. The maximum atomic E-state index is 13.8. The zero-order chi connectivity index (χ0) is 18.4. The van der Waals surface area contributed by atoms with Crippen molar-refractivity contribution in [2.24, 2.45) is 0 Å². The number of hydrogen-bond donors (Lipinski definition) is 1. The molecule has 1 N–H and O–H groups in total. The highest BCUT2D eigenvalue weighted by Crippen LogP contribution is 2.32. The number of fused-ring (bicyclic) bond motifs is 1. The van der Waals surface area contributed by atoms with Gasteiger partial charge in [0.25, 0.3) is 0 Å². The van der Waals surface area contributed by atoms with E-state index < -0.39 is 0 Å². The van der Waals surface area contributed by atoms with Crippen molar-refractivity contribution in [1.82, 2.24) is 10.2 Å². The zero-order valence-electron chi connectivity index (χ0n) is 14.4. The Morgan fingerprint density at radius 1 is 1.23 bits per heavy atom. The maximum absolute atomic E-state index is 13.8. The van der Waals surface area contributed by atoms with Gasteiger partial charge < -0.3 is 14.8 Å². The van der Waals surface area contributed by atoms with Gasteiger partial charge in [0.1, 0.15) is 5.82 Å². The number of nitrogens with zero attached hydrogens (tertiary/aromatic N) is 1. The molecule has 5 nitrogen and oxygen atoms in total. The predicted molar refractivity (Wildman–Crippen MR) is 96.3 cm³/mol. The van der Waals surface area contributed by atoms with Crippen LogP contribution in [0.15, 0.2) is 55.1 Å². The molecule has 0 radical (unpaired) electrons. The third-order valence-corrected chi connectivity index (χ3v) is 4.03. The summed E-state index contributed by atoms with van der Waals surface area (Å²) in [6.45, 7) is 5.30. The standard InChI is InChI=1S/C20H21FN2O3/c1-2-9-23(12-16-5-3-4-6-17(16)21)13-20(24)22-11-15-7-8-18-19(10-15)26-14-25-18/h2-8,10H,1,9,11-14H2,(H,22,24). The average Bonchev–Trinajstić information content (AvgIpc) is 3.10. The van der Waals surface area contributed by atoms with Crippen molar-refractivity contribution < 1.29 is 18.7 Å². The number of nitrogens with one attached hydrogen (secondary N) is 1. The molecule has 0 bridgehead atoms. The predicted octanol–water partition coefficient (Wildman–Crippen LogP) is 2.86. The number of benzene rings is 2. The second kappa shape index (κ2) is 8.49. The third kappa shape index (κ3) is 4.61. The van der Waals surface area contributed by atoms with Crippen LogP contribution in [-0.4, -0.2) is 30.7 Å². The van der Waals surface area contributed by atoms with Gasteiger partial charge in [-0.2, -0.15) is 0 Å². The molecule has 0 saturated carbocycles. The number of hydrogen-bond acceptors (Lipinski definition) is 4. The molecule has 26 heavy (non-hydrogen) atoms. The first-order valence-corrected chi connectivity index (χ1v) is 8.37. The van der Waals surface area contributed by atoms with Gasteiger partial charge in [-0.15, -0.1) is 6.58 Å². The van der Waals surface area contributed by atoms with E-state index in [0.29, 0.717) is 36.7 Å². The Kier molecular flexibility index (Phi) is 5.86. The van der Waals surface area contributed by atoms with E-state index in [1.165, 1.54) is 6.07 Å². The van der Waals surface area contributed by atoms with Crippen LogP contribution >= 0.6 is 0 Å². The highest BCUT2D eigenvalue weighted by Gasteiger charge is 2.15. The summed E-state index contributed by atoms with van der Waals surface area (Å²) in [5.74, 6) is 0.981. The summed E-state index contributed by atoms with van der Waals surface area (Å²) in [5, 5.41) is 2.87. The summed E-state index contributed by atoms with van der Waals surface area (Å²) in [5.41, 5.74) is 1.48. The number of halogens is 1. The third-order valence-electron chi connectivity index (χ3n) is 4.03. The van der Waals surface area contributed by atoms with Gasteiger partial charge in [0.05, 0.1) is 6.54 Å². The molecule has 2 aromatic carbocycles.